The summed E-state index contributed by atoms with van der Waals surface area (Å²) in [5.74, 6) is -0.536. The van der Waals surface area contributed by atoms with Crippen LogP contribution >= 0.6 is 0 Å². The van der Waals surface area contributed by atoms with Crippen LogP contribution < -0.4 is 5.32 Å². The van der Waals surface area contributed by atoms with E-state index in [4.69, 9.17) is 0 Å². The Balaban J connectivity index is 1.65. The first-order valence-electron chi connectivity index (χ1n) is 8.52. The minimum atomic E-state index is -0.268. The monoisotopic (exact) mass is 351 g/mol. The van der Waals surface area contributed by atoms with Crippen LogP contribution in [-0.4, -0.2) is 16.1 Å². The molecule has 0 bridgehead atoms. The van der Waals surface area contributed by atoms with Crippen molar-refractivity contribution >= 4 is 11.6 Å². The predicted molar refractivity (Wildman–Crippen MR) is 101 cm³/mol. The molecule has 2 N–H and O–H groups in total. The number of nitrogens with zero attached hydrogens (tertiary/aromatic N) is 1. The smallest absolute Gasteiger partial charge is 0.276 e. The molecule has 0 fully saturated rings. The van der Waals surface area contributed by atoms with E-state index in [1.165, 1.54) is 17.7 Å². The molecule has 0 atom stereocenters. The Kier molecular flexibility index (Phi) is 4.89. The van der Waals surface area contributed by atoms with Gasteiger partial charge >= 0.3 is 0 Å². The van der Waals surface area contributed by atoms with Crippen molar-refractivity contribution in [3.63, 3.8) is 0 Å². The molecule has 2 aromatic carbocycles. The number of aromatic amines is 1. The van der Waals surface area contributed by atoms with Crippen molar-refractivity contribution in [2.45, 2.75) is 32.6 Å². The maximum absolute atomic E-state index is 13.0. The van der Waals surface area contributed by atoms with Gasteiger partial charge in [0.25, 0.3) is 5.91 Å². The SMILES string of the molecule is CC(C)(C)c1ccc(NC(=O)c2cc(Cc3ccc(F)cc3)[nH]n2)cc1. The van der Waals surface area contributed by atoms with Crippen molar-refractivity contribution in [2.24, 2.45) is 0 Å². The molecule has 5 heteroatoms. The number of carbonyl (C=O) groups is 1. The predicted octanol–water partition coefficient (Wildman–Crippen LogP) is 4.69. The fourth-order valence-electron chi connectivity index (χ4n) is 2.64. The number of hydrogen-bond acceptors (Lipinski definition) is 2. The van der Waals surface area contributed by atoms with E-state index in [1.54, 1.807) is 18.2 Å². The van der Waals surface area contributed by atoms with E-state index in [2.05, 4.69) is 36.3 Å². The molecule has 3 rings (SSSR count). The molecule has 1 amide bonds. The third-order valence-corrected chi connectivity index (χ3v) is 4.18. The van der Waals surface area contributed by atoms with Gasteiger partial charge in [-0.05, 0) is 46.9 Å². The van der Waals surface area contributed by atoms with E-state index >= 15 is 0 Å². The Labute approximate surface area is 152 Å². The molecule has 1 aromatic heterocycles. The number of benzene rings is 2. The maximum atomic E-state index is 13.0. The van der Waals surface area contributed by atoms with E-state index < -0.39 is 0 Å². The number of anilines is 1. The molecule has 0 unspecified atom stereocenters. The summed E-state index contributed by atoms with van der Waals surface area (Å²) in [7, 11) is 0. The first-order chi connectivity index (χ1) is 12.3. The van der Waals surface area contributed by atoms with Crippen molar-refractivity contribution in [3.8, 4) is 0 Å². The molecular formula is C21H22FN3O. The Morgan fingerprint density at radius 1 is 1.08 bits per heavy atom. The van der Waals surface area contributed by atoms with Crippen LogP contribution in [-0.2, 0) is 11.8 Å². The second-order valence-electron chi connectivity index (χ2n) is 7.36. The van der Waals surface area contributed by atoms with Crippen molar-refractivity contribution < 1.29 is 9.18 Å². The van der Waals surface area contributed by atoms with E-state index in [1.807, 2.05) is 24.3 Å². The summed E-state index contributed by atoms with van der Waals surface area (Å²) in [6.07, 6.45) is 0.556. The van der Waals surface area contributed by atoms with Crippen molar-refractivity contribution in [2.75, 3.05) is 5.32 Å². The number of rotatable bonds is 4. The molecule has 0 radical (unpaired) electrons. The Hall–Kier alpha value is -2.95. The molecule has 4 nitrogen and oxygen atoms in total. The molecule has 1 heterocycles. The van der Waals surface area contributed by atoms with Crippen LogP contribution in [0.15, 0.2) is 54.6 Å². The third kappa shape index (κ3) is 4.36. The van der Waals surface area contributed by atoms with Gasteiger partial charge in [0.2, 0.25) is 0 Å². The fraction of sp³-hybridized carbons (Fsp3) is 0.238. The molecule has 0 aliphatic heterocycles. The summed E-state index contributed by atoms with van der Waals surface area (Å²) in [4.78, 5) is 12.4. The molecule has 134 valence electrons. The molecule has 0 aliphatic carbocycles. The van der Waals surface area contributed by atoms with Crippen molar-refractivity contribution in [3.05, 3.63) is 82.9 Å². The lowest BCUT2D eigenvalue weighted by Crippen LogP contribution is -2.14. The lowest BCUT2D eigenvalue weighted by molar-refractivity contribution is 0.102. The molecule has 0 saturated carbocycles. The van der Waals surface area contributed by atoms with Crippen LogP contribution in [0.4, 0.5) is 10.1 Å². The van der Waals surface area contributed by atoms with Crippen LogP contribution in [0.25, 0.3) is 0 Å². The first kappa shape index (κ1) is 17.9. The third-order valence-electron chi connectivity index (χ3n) is 4.18. The van der Waals surface area contributed by atoms with Crippen LogP contribution in [0, 0.1) is 5.82 Å². The first-order valence-corrected chi connectivity index (χ1v) is 8.52. The van der Waals surface area contributed by atoms with E-state index in [9.17, 15) is 9.18 Å². The quantitative estimate of drug-likeness (QED) is 0.716. The lowest BCUT2D eigenvalue weighted by Gasteiger charge is -2.19. The second kappa shape index (κ2) is 7.12. The zero-order valence-electron chi connectivity index (χ0n) is 15.1. The van der Waals surface area contributed by atoms with Gasteiger partial charge in [0.1, 0.15) is 5.82 Å². The van der Waals surface area contributed by atoms with E-state index in [0.29, 0.717) is 12.1 Å². The summed E-state index contributed by atoms with van der Waals surface area (Å²) in [6, 6.07) is 15.8. The molecule has 0 spiro atoms. The zero-order valence-corrected chi connectivity index (χ0v) is 15.1. The topological polar surface area (TPSA) is 57.8 Å². The van der Waals surface area contributed by atoms with Gasteiger partial charge in [-0.3, -0.25) is 9.89 Å². The van der Waals surface area contributed by atoms with Crippen LogP contribution in [0.2, 0.25) is 0 Å². The minimum absolute atomic E-state index is 0.0694. The van der Waals surface area contributed by atoms with Crippen LogP contribution in [0.1, 0.15) is 48.1 Å². The highest BCUT2D eigenvalue weighted by Crippen LogP contribution is 2.23. The Morgan fingerprint density at radius 3 is 2.35 bits per heavy atom. The number of aromatic nitrogens is 2. The van der Waals surface area contributed by atoms with Gasteiger partial charge in [0.15, 0.2) is 5.69 Å². The van der Waals surface area contributed by atoms with Gasteiger partial charge in [0.05, 0.1) is 0 Å². The van der Waals surface area contributed by atoms with Crippen molar-refractivity contribution in [1.29, 1.82) is 0 Å². The number of carbonyl (C=O) groups excluding carboxylic acids is 1. The summed E-state index contributed by atoms with van der Waals surface area (Å²) in [5, 5.41) is 9.78. The number of nitrogens with one attached hydrogen (secondary N) is 2. The van der Waals surface area contributed by atoms with Gasteiger partial charge in [-0.2, -0.15) is 5.10 Å². The Bertz CT molecular complexity index is 890. The summed E-state index contributed by atoms with van der Waals surface area (Å²) in [5.41, 5.74) is 4.06. The van der Waals surface area contributed by atoms with Crippen LogP contribution in [0.5, 0.6) is 0 Å². The van der Waals surface area contributed by atoms with E-state index in [-0.39, 0.29) is 17.1 Å². The largest absolute Gasteiger partial charge is 0.321 e. The Morgan fingerprint density at radius 2 is 1.73 bits per heavy atom. The van der Waals surface area contributed by atoms with Crippen LogP contribution in [0.3, 0.4) is 0 Å². The summed E-state index contributed by atoms with van der Waals surface area (Å²) >= 11 is 0. The van der Waals surface area contributed by atoms with Gasteiger partial charge in [0, 0.05) is 17.8 Å². The molecular weight excluding hydrogens is 329 g/mol. The summed E-state index contributed by atoms with van der Waals surface area (Å²) < 4.78 is 13.0. The highest BCUT2D eigenvalue weighted by atomic mass is 19.1. The van der Waals surface area contributed by atoms with Gasteiger partial charge in [-0.1, -0.05) is 45.0 Å². The standard InChI is InChI=1S/C21H22FN3O/c1-21(2,3)15-6-10-17(11-7-15)23-20(26)19-13-18(24-25-19)12-14-4-8-16(22)9-5-14/h4-11,13H,12H2,1-3H3,(H,23,26)(H,24,25). The molecule has 0 saturated heterocycles. The summed E-state index contributed by atoms with van der Waals surface area (Å²) in [6.45, 7) is 6.44. The maximum Gasteiger partial charge on any atom is 0.276 e. The number of hydrogen-bond donors (Lipinski definition) is 2. The molecule has 26 heavy (non-hydrogen) atoms. The number of halogens is 1. The number of amides is 1. The minimum Gasteiger partial charge on any atom is -0.321 e. The van der Waals surface area contributed by atoms with E-state index in [0.717, 1.165) is 16.9 Å². The average molecular weight is 351 g/mol. The normalized spacial score (nSPS) is 11.4. The lowest BCUT2D eigenvalue weighted by atomic mass is 9.87. The highest BCUT2D eigenvalue weighted by molar-refractivity contribution is 6.02. The zero-order chi connectivity index (χ0) is 18.7. The molecule has 3 aromatic rings. The number of H-pyrrole nitrogens is 1. The van der Waals surface area contributed by atoms with Gasteiger partial charge in [-0.25, -0.2) is 4.39 Å². The van der Waals surface area contributed by atoms with Gasteiger partial charge in [-0.15, -0.1) is 0 Å². The highest BCUT2D eigenvalue weighted by Gasteiger charge is 2.14. The molecule has 0 aliphatic rings. The fourth-order valence-corrected chi connectivity index (χ4v) is 2.64. The second-order valence-corrected chi connectivity index (χ2v) is 7.36. The van der Waals surface area contributed by atoms with Crippen molar-refractivity contribution in [1.82, 2.24) is 10.2 Å². The van der Waals surface area contributed by atoms with Gasteiger partial charge < -0.3 is 5.32 Å². The average Bonchev–Trinajstić information content (AvgIpc) is 3.05.